The number of carbonyl (C=O) groups excluding carboxylic acids is 1. The number of nitrogens with one attached hydrogen (secondary N) is 1. The van der Waals surface area contributed by atoms with Gasteiger partial charge in [-0.3, -0.25) is 14.4 Å². The predicted octanol–water partition coefficient (Wildman–Crippen LogP) is 5.01. The number of benzene rings is 1. The van der Waals surface area contributed by atoms with E-state index in [1.807, 2.05) is 24.7 Å². The second-order valence-electron chi connectivity index (χ2n) is 12.2. The molecule has 4 aromatic heterocycles. The average molecular weight is 679 g/mol. The zero-order valence-electron chi connectivity index (χ0n) is 26.6. The van der Waals surface area contributed by atoms with E-state index in [0.717, 1.165) is 50.5 Å². The van der Waals surface area contributed by atoms with E-state index in [-0.39, 0.29) is 34.8 Å². The number of nitrogens with zero attached hydrogens (tertiary/aromatic N) is 9. The van der Waals surface area contributed by atoms with Crippen molar-refractivity contribution in [2.75, 3.05) is 31.6 Å². The van der Waals surface area contributed by atoms with E-state index in [9.17, 15) is 13.6 Å². The van der Waals surface area contributed by atoms with Crippen molar-refractivity contribution in [3.63, 3.8) is 0 Å². The van der Waals surface area contributed by atoms with Gasteiger partial charge in [-0.2, -0.15) is 19.0 Å². The number of halogens is 2. The van der Waals surface area contributed by atoms with Crippen LogP contribution in [0.3, 0.4) is 0 Å². The van der Waals surface area contributed by atoms with Gasteiger partial charge in [0.1, 0.15) is 22.7 Å². The van der Waals surface area contributed by atoms with Crippen LogP contribution in [0.5, 0.6) is 5.75 Å². The van der Waals surface area contributed by atoms with Gasteiger partial charge in [-0.1, -0.05) is 19.1 Å². The number of alkyl halides is 2. The zero-order valence-corrected chi connectivity index (χ0v) is 27.4. The lowest BCUT2D eigenvalue weighted by Gasteiger charge is -2.35. The van der Waals surface area contributed by atoms with E-state index < -0.39 is 12.5 Å². The molecule has 1 atom stereocenters. The molecule has 16 heteroatoms. The van der Waals surface area contributed by atoms with E-state index in [1.165, 1.54) is 16.8 Å². The highest BCUT2D eigenvalue weighted by atomic mass is 32.2. The first-order chi connectivity index (χ1) is 23.3. The van der Waals surface area contributed by atoms with Crippen molar-refractivity contribution in [1.82, 2.24) is 44.3 Å². The van der Waals surface area contributed by atoms with Gasteiger partial charge >= 0.3 is 6.61 Å². The van der Waals surface area contributed by atoms with Crippen molar-refractivity contribution in [3.05, 3.63) is 66.5 Å². The van der Waals surface area contributed by atoms with Gasteiger partial charge in [0.05, 0.1) is 37.3 Å². The Morgan fingerprint density at radius 1 is 1.17 bits per heavy atom. The van der Waals surface area contributed by atoms with E-state index in [2.05, 4.69) is 30.6 Å². The summed E-state index contributed by atoms with van der Waals surface area (Å²) in [6.07, 6.45) is 11.3. The molecule has 6 heterocycles. The lowest BCUT2D eigenvalue weighted by molar-refractivity contribution is -0.0494. The Kier molecular flexibility index (Phi) is 9.36. The fourth-order valence-corrected chi connectivity index (χ4v) is 7.14. The number of anilines is 1. The number of thioether (sulfide) groups is 1. The Hall–Kier alpha value is -4.41. The molecule has 0 aliphatic carbocycles. The fraction of sp³-hybridized carbons (Fsp3) is 0.438. The fourth-order valence-electron chi connectivity index (χ4n) is 6.26. The number of ether oxygens (including phenoxy) is 2. The van der Waals surface area contributed by atoms with Crippen molar-refractivity contribution in [3.8, 4) is 17.0 Å². The van der Waals surface area contributed by atoms with Crippen LogP contribution in [0.2, 0.25) is 0 Å². The maximum absolute atomic E-state index is 13.6. The van der Waals surface area contributed by atoms with Crippen molar-refractivity contribution in [1.29, 1.82) is 0 Å². The van der Waals surface area contributed by atoms with Crippen molar-refractivity contribution in [2.24, 2.45) is 0 Å². The molecule has 0 saturated carbocycles. The molecule has 0 unspecified atom stereocenters. The summed E-state index contributed by atoms with van der Waals surface area (Å²) in [7, 11) is 0. The number of hydrogen-bond donors (Lipinski definition) is 1. The van der Waals surface area contributed by atoms with Crippen molar-refractivity contribution in [2.45, 2.75) is 68.5 Å². The number of aromatic nitrogens is 8. The molecule has 0 radical (unpaired) electrons. The third-order valence-corrected chi connectivity index (χ3v) is 9.50. The molecule has 48 heavy (non-hydrogen) atoms. The molecule has 1 aromatic carbocycles. The maximum atomic E-state index is 13.6. The van der Waals surface area contributed by atoms with Gasteiger partial charge in [0, 0.05) is 60.0 Å². The molecule has 13 nitrogen and oxygen atoms in total. The molecule has 1 N–H and O–H groups in total. The molecular formula is C32H36F2N10O3S. The molecule has 0 bridgehead atoms. The van der Waals surface area contributed by atoms with Crippen molar-refractivity contribution >= 4 is 29.0 Å². The highest BCUT2D eigenvalue weighted by Crippen LogP contribution is 2.39. The summed E-state index contributed by atoms with van der Waals surface area (Å²) in [5, 5.41) is 21.0. The van der Waals surface area contributed by atoms with E-state index in [4.69, 9.17) is 14.6 Å². The molecule has 7 rings (SSSR count). The quantitative estimate of drug-likeness (QED) is 0.190. The summed E-state index contributed by atoms with van der Waals surface area (Å²) >= 11 is 1.57. The van der Waals surface area contributed by atoms with Crippen LogP contribution in [0.25, 0.3) is 16.9 Å². The largest absolute Gasteiger partial charge is 0.434 e. The third kappa shape index (κ3) is 7.05. The van der Waals surface area contributed by atoms with Crippen LogP contribution in [0.1, 0.15) is 55.2 Å². The second-order valence-corrected chi connectivity index (χ2v) is 13.8. The van der Waals surface area contributed by atoms with Crippen LogP contribution in [0.15, 0.2) is 60.1 Å². The summed E-state index contributed by atoms with van der Waals surface area (Å²) in [6, 6.07) is 7.44. The number of likely N-dealkylation sites (tertiary alicyclic amines) is 1. The molecule has 1 amide bonds. The first-order valence-electron chi connectivity index (χ1n) is 16.0. The van der Waals surface area contributed by atoms with Crippen LogP contribution in [-0.4, -0.2) is 94.4 Å². The van der Waals surface area contributed by atoms with Gasteiger partial charge in [0.2, 0.25) is 0 Å². The molecular weight excluding hydrogens is 642 g/mol. The second kappa shape index (κ2) is 14.0. The number of fused-ring (bicyclic) bond motifs is 1. The molecule has 2 saturated heterocycles. The number of carbonyl (C=O) groups is 1. The van der Waals surface area contributed by atoms with Crippen LogP contribution in [-0.2, 0) is 11.3 Å². The smallest absolute Gasteiger partial charge is 0.387 e. The zero-order chi connectivity index (χ0) is 33.2. The van der Waals surface area contributed by atoms with Crippen LogP contribution in [0.4, 0.5) is 14.5 Å². The SMILES string of the molecule is CC(C)Sc1ccc(OC(F)F)c(-c2nn(Cc3cn(C4CCN([C@H]5CCOC5)CC4)nn3)cc2NC(=O)c2cnn3cccnc23)c1. The van der Waals surface area contributed by atoms with E-state index in [0.29, 0.717) is 28.6 Å². The summed E-state index contributed by atoms with van der Waals surface area (Å²) in [6.45, 7) is 4.88. The molecule has 252 valence electrons. The Morgan fingerprint density at radius 2 is 2.02 bits per heavy atom. The minimum atomic E-state index is -3.05. The van der Waals surface area contributed by atoms with Gasteiger partial charge in [-0.15, -0.1) is 16.9 Å². The van der Waals surface area contributed by atoms with Crippen LogP contribution < -0.4 is 10.1 Å². The Labute approximate surface area is 279 Å². The third-order valence-electron chi connectivity index (χ3n) is 8.50. The lowest BCUT2D eigenvalue weighted by atomic mass is 10.0. The predicted molar refractivity (Wildman–Crippen MR) is 174 cm³/mol. The molecule has 0 spiro atoms. The molecule has 5 aromatic rings. The minimum absolute atomic E-state index is 0.0574. The minimum Gasteiger partial charge on any atom is -0.434 e. The number of piperidine rings is 1. The van der Waals surface area contributed by atoms with E-state index >= 15 is 0 Å². The average Bonchev–Trinajstić information content (AvgIpc) is 3.89. The van der Waals surface area contributed by atoms with Gasteiger partial charge < -0.3 is 14.8 Å². The van der Waals surface area contributed by atoms with Gasteiger partial charge in [0.25, 0.3) is 5.91 Å². The summed E-state index contributed by atoms with van der Waals surface area (Å²) in [4.78, 5) is 21.2. The maximum Gasteiger partial charge on any atom is 0.387 e. The number of rotatable bonds is 11. The van der Waals surface area contributed by atoms with Crippen molar-refractivity contribution < 1.29 is 23.0 Å². The van der Waals surface area contributed by atoms with Crippen LogP contribution >= 0.6 is 11.8 Å². The first-order valence-corrected chi connectivity index (χ1v) is 16.8. The Morgan fingerprint density at radius 3 is 2.79 bits per heavy atom. The summed E-state index contributed by atoms with van der Waals surface area (Å²) in [5.41, 5.74) is 2.18. The van der Waals surface area contributed by atoms with Gasteiger partial charge in [-0.05, 0) is 43.5 Å². The summed E-state index contributed by atoms with van der Waals surface area (Å²) < 4.78 is 42.6. The topological polar surface area (TPSA) is 130 Å². The van der Waals surface area contributed by atoms with E-state index in [1.54, 1.807) is 53.2 Å². The Bertz CT molecular complexity index is 1880. The summed E-state index contributed by atoms with van der Waals surface area (Å²) in [5.74, 6) is -0.534. The number of amides is 1. The Balaban J connectivity index is 1.17. The molecule has 2 fully saturated rings. The van der Waals surface area contributed by atoms with Gasteiger partial charge in [-0.25, -0.2) is 14.2 Å². The standard InChI is InChI=1S/C32H36F2N10O3S/c1-20(2)48-24-4-5-28(47-32(33)34)25(14-24)29-27(37-31(45)26-15-36-43-10-3-9-35-30(26)43)18-42(39-29)16-21-17-44(40-38-21)22-6-11-41(12-7-22)23-8-13-46-19-23/h3-5,9-10,14-15,17-18,20,22-23,32H,6-8,11-13,16,19H2,1-2H3,(H,37,45)/t23-/m0/s1. The monoisotopic (exact) mass is 678 g/mol. The highest BCUT2D eigenvalue weighted by molar-refractivity contribution is 7.99. The van der Waals surface area contributed by atoms with Crippen LogP contribution in [0, 0.1) is 0 Å². The first kappa shape index (κ1) is 32.2. The highest BCUT2D eigenvalue weighted by Gasteiger charge is 2.29. The normalized spacial score (nSPS) is 17.6. The number of hydrogen-bond acceptors (Lipinski definition) is 10. The van der Waals surface area contributed by atoms with Gasteiger partial charge in [0.15, 0.2) is 5.65 Å². The molecule has 2 aliphatic rings. The molecule has 2 aliphatic heterocycles. The lowest BCUT2D eigenvalue weighted by Crippen LogP contribution is -2.42.